The van der Waals surface area contributed by atoms with Crippen LogP contribution in [0.3, 0.4) is 0 Å². The van der Waals surface area contributed by atoms with Crippen molar-refractivity contribution in [1.82, 2.24) is 9.03 Å². The summed E-state index contributed by atoms with van der Waals surface area (Å²) >= 11 is 0. The second-order valence-electron chi connectivity index (χ2n) is 7.26. The first-order chi connectivity index (χ1) is 9.29. The molecule has 2 fully saturated rings. The Labute approximate surface area is 124 Å². The number of hydrogen-bond donors (Lipinski definition) is 1. The summed E-state index contributed by atoms with van der Waals surface area (Å²) in [6.45, 7) is 10.0. The van der Waals surface area contributed by atoms with Gasteiger partial charge in [-0.25, -0.2) is 0 Å². The number of rotatable bonds is 3. The van der Waals surface area contributed by atoms with Crippen molar-refractivity contribution in [3.63, 3.8) is 0 Å². The Bertz CT molecular complexity index is 414. The highest BCUT2D eigenvalue weighted by molar-refractivity contribution is 7.87. The largest absolute Gasteiger partial charge is 0.279 e. The summed E-state index contributed by atoms with van der Waals surface area (Å²) in [5.41, 5.74) is 0. The van der Waals surface area contributed by atoms with Gasteiger partial charge in [0, 0.05) is 19.1 Å². The van der Waals surface area contributed by atoms with Crippen molar-refractivity contribution in [3.05, 3.63) is 0 Å². The van der Waals surface area contributed by atoms with Crippen LogP contribution in [-0.2, 0) is 10.2 Å². The zero-order chi connectivity index (χ0) is 14.9. The van der Waals surface area contributed by atoms with E-state index in [1.807, 2.05) is 0 Å². The molecule has 2 rings (SSSR count). The van der Waals surface area contributed by atoms with Crippen LogP contribution in [0.15, 0.2) is 0 Å². The normalized spacial score (nSPS) is 40.7. The molecule has 0 bridgehead atoms. The molecule has 4 nitrogen and oxygen atoms in total. The van der Waals surface area contributed by atoms with Crippen LogP contribution in [0.2, 0.25) is 0 Å². The van der Waals surface area contributed by atoms with Crippen LogP contribution in [0.1, 0.15) is 53.4 Å². The predicted octanol–water partition coefficient (Wildman–Crippen LogP) is 2.62. The minimum atomic E-state index is -3.32. The molecular formula is C15H30N2O2S. The number of nitrogens with one attached hydrogen (secondary N) is 1. The molecule has 0 aromatic carbocycles. The summed E-state index contributed by atoms with van der Waals surface area (Å²) in [4.78, 5) is 0. The average Bonchev–Trinajstić information content (AvgIpc) is 2.33. The van der Waals surface area contributed by atoms with Crippen LogP contribution in [0.5, 0.6) is 0 Å². The minimum absolute atomic E-state index is 0.108. The van der Waals surface area contributed by atoms with Gasteiger partial charge in [0.25, 0.3) is 10.2 Å². The molecule has 1 saturated heterocycles. The molecule has 0 radical (unpaired) electrons. The summed E-state index contributed by atoms with van der Waals surface area (Å²) < 4.78 is 29.9. The van der Waals surface area contributed by atoms with E-state index in [1.165, 1.54) is 6.42 Å². The molecule has 118 valence electrons. The van der Waals surface area contributed by atoms with Crippen LogP contribution in [0, 0.1) is 23.7 Å². The Hall–Kier alpha value is -0.130. The summed E-state index contributed by atoms with van der Waals surface area (Å²) in [5.74, 6) is 1.95. The van der Waals surface area contributed by atoms with Gasteiger partial charge in [-0.05, 0) is 36.5 Å². The lowest BCUT2D eigenvalue weighted by Gasteiger charge is -2.38. The monoisotopic (exact) mass is 302 g/mol. The molecule has 5 atom stereocenters. The summed E-state index contributed by atoms with van der Waals surface area (Å²) in [6, 6.07) is 0.108. The molecule has 0 amide bonds. The van der Waals surface area contributed by atoms with E-state index < -0.39 is 10.2 Å². The third-order valence-electron chi connectivity index (χ3n) is 5.18. The summed E-state index contributed by atoms with van der Waals surface area (Å²) in [7, 11) is -3.32. The summed E-state index contributed by atoms with van der Waals surface area (Å²) in [6.07, 6.45) is 4.45. The quantitative estimate of drug-likeness (QED) is 0.871. The van der Waals surface area contributed by atoms with Gasteiger partial charge in [0.2, 0.25) is 0 Å². The van der Waals surface area contributed by atoms with Gasteiger partial charge in [0.1, 0.15) is 0 Å². The number of hydrogen-bond acceptors (Lipinski definition) is 2. The second-order valence-corrected chi connectivity index (χ2v) is 8.96. The fourth-order valence-corrected chi connectivity index (χ4v) is 5.58. The maximum atomic E-state index is 12.6. The van der Waals surface area contributed by atoms with Gasteiger partial charge in [-0.2, -0.15) is 17.4 Å². The highest BCUT2D eigenvalue weighted by Crippen LogP contribution is 2.30. The maximum absolute atomic E-state index is 12.6. The molecule has 0 aromatic heterocycles. The fourth-order valence-electron chi connectivity index (χ4n) is 3.82. The molecule has 1 aliphatic heterocycles. The van der Waals surface area contributed by atoms with Gasteiger partial charge in [-0.1, -0.05) is 40.5 Å². The Morgan fingerprint density at radius 2 is 1.60 bits per heavy atom. The van der Waals surface area contributed by atoms with Crippen molar-refractivity contribution in [3.8, 4) is 0 Å². The topological polar surface area (TPSA) is 49.4 Å². The first kappa shape index (κ1) is 16.2. The van der Waals surface area contributed by atoms with E-state index in [-0.39, 0.29) is 6.04 Å². The van der Waals surface area contributed by atoms with E-state index in [0.29, 0.717) is 36.8 Å². The van der Waals surface area contributed by atoms with Crippen molar-refractivity contribution >= 4 is 10.2 Å². The third-order valence-corrected chi connectivity index (χ3v) is 6.76. The lowest BCUT2D eigenvalue weighted by atomic mass is 9.78. The van der Waals surface area contributed by atoms with Crippen LogP contribution in [0.4, 0.5) is 0 Å². The van der Waals surface area contributed by atoms with Crippen molar-refractivity contribution in [2.24, 2.45) is 23.7 Å². The van der Waals surface area contributed by atoms with E-state index >= 15 is 0 Å². The SMILES string of the molecule is C[C@@H]1C[C@H](C)CN(S(=O)(=O)N[C@@H]2CCC[C@H](C)[C@@H]2C)C1. The molecule has 1 N–H and O–H groups in total. The predicted molar refractivity (Wildman–Crippen MR) is 82.5 cm³/mol. The molecule has 2 aliphatic rings. The van der Waals surface area contributed by atoms with Gasteiger partial charge < -0.3 is 0 Å². The lowest BCUT2D eigenvalue weighted by molar-refractivity contribution is 0.203. The van der Waals surface area contributed by atoms with E-state index in [2.05, 4.69) is 32.4 Å². The van der Waals surface area contributed by atoms with E-state index in [9.17, 15) is 8.42 Å². The van der Waals surface area contributed by atoms with Crippen LogP contribution < -0.4 is 4.72 Å². The van der Waals surface area contributed by atoms with Gasteiger partial charge in [0.15, 0.2) is 0 Å². The molecule has 1 saturated carbocycles. The molecule has 1 aliphatic carbocycles. The molecule has 0 spiro atoms. The first-order valence-corrected chi connectivity index (χ1v) is 9.51. The van der Waals surface area contributed by atoms with Gasteiger partial charge in [0.05, 0.1) is 0 Å². The van der Waals surface area contributed by atoms with Gasteiger partial charge in [-0.3, -0.25) is 0 Å². The third kappa shape index (κ3) is 3.74. The lowest BCUT2D eigenvalue weighted by Crippen LogP contribution is -2.53. The first-order valence-electron chi connectivity index (χ1n) is 8.07. The van der Waals surface area contributed by atoms with Gasteiger partial charge >= 0.3 is 0 Å². The van der Waals surface area contributed by atoms with Gasteiger partial charge in [-0.15, -0.1) is 0 Å². The van der Waals surface area contributed by atoms with Crippen LogP contribution in [0.25, 0.3) is 0 Å². The number of nitrogens with zero attached hydrogens (tertiary/aromatic N) is 1. The van der Waals surface area contributed by atoms with Crippen molar-refractivity contribution in [2.75, 3.05) is 13.1 Å². The minimum Gasteiger partial charge on any atom is -0.199 e. The maximum Gasteiger partial charge on any atom is 0.279 e. The van der Waals surface area contributed by atoms with Crippen molar-refractivity contribution < 1.29 is 8.42 Å². The average molecular weight is 302 g/mol. The Kier molecular flexibility index (Phi) is 5.14. The van der Waals surface area contributed by atoms with Crippen molar-refractivity contribution in [2.45, 2.75) is 59.4 Å². The molecule has 0 unspecified atom stereocenters. The highest BCUT2D eigenvalue weighted by Gasteiger charge is 2.35. The smallest absolute Gasteiger partial charge is 0.199 e. The zero-order valence-electron chi connectivity index (χ0n) is 13.3. The Morgan fingerprint density at radius 1 is 1.00 bits per heavy atom. The van der Waals surface area contributed by atoms with E-state index in [0.717, 1.165) is 19.3 Å². The van der Waals surface area contributed by atoms with E-state index in [4.69, 9.17) is 0 Å². The fraction of sp³-hybridized carbons (Fsp3) is 1.00. The molecule has 20 heavy (non-hydrogen) atoms. The molecular weight excluding hydrogens is 272 g/mol. The highest BCUT2D eigenvalue weighted by atomic mass is 32.2. The Balaban J connectivity index is 2.03. The van der Waals surface area contributed by atoms with E-state index in [1.54, 1.807) is 4.31 Å². The number of piperidine rings is 1. The zero-order valence-corrected chi connectivity index (χ0v) is 14.1. The molecule has 5 heteroatoms. The van der Waals surface area contributed by atoms with Crippen LogP contribution in [-0.4, -0.2) is 31.9 Å². The molecule has 1 heterocycles. The summed E-state index contributed by atoms with van der Waals surface area (Å²) in [5, 5.41) is 0. The second kappa shape index (κ2) is 6.32. The standard InChI is InChI=1S/C15H30N2O2S/c1-11-8-12(2)10-17(9-11)20(18,19)16-15-7-5-6-13(3)14(15)4/h11-16H,5-10H2,1-4H3/t11-,12+,13-,14-,15+/m0/s1. The van der Waals surface area contributed by atoms with Crippen LogP contribution >= 0.6 is 0 Å². The van der Waals surface area contributed by atoms with Crippen molar-refractivity contribution in [1.29, 1.82) is 0 Å². The molecule has 0 aromatic rings. The Morgan fingerprint density at radius 3 is 2.20 bits per heavy atom.